The predicted octanol–water partition coefficient (Wildman–Crippen LogP) is 4.76. The molecule has 0 atom stereocenters. The number of hydrogen-bond acceptors (Lipinski definition) is 4. The molecule has 2 amide bonds. The Hall–Kier alpha value is -4.26. The normalized spacial score (nSPS) is 10.6. The first kappa shape index (κ1) is 22.0. The van der Waals surface area contributed by atoms with Gasteiger partial charge in [-0.15, -0.1) is 0 Å². The van der Waals surface area contributed by atoms with Gasteiger partial charge in [-0.3, -0.25) is 9.59 Å². The second-order valence-corrected chi connectivity index (χ2v) is 7.63. The van der Waals surface area contributed by atoms with Crippen LogP contribution in [-0.2, 0) is 4.79 Å². The molecule has 0 bridgehead atoms. The van der Waals surface area contributed by atoms with Crippen LogP contribution in [0.2, 0.25) is 0 Å². The van der Waals surface area contributed by atoms with Crippen LogP contribution in [0.5, 0.6) is 5.75 Å². The van der Waals surface area contributed by atoms with Gasteiger partial charge in [0.1, 0.15) is 11.6 Å². The highest BCUT2D eigenvalue weighted by molar-refractivity contribution is 6.13. The Balaban J connectivity index is 1.57. The number of aromatic nitrogens is 1. The van der Waals surface area contributed by atoms with E-state index in [0.717, 1.165) is 0 Å². The van der Waals surface area contributed by atoms with E-state index < -0.39 is 0 Å². The summed E-state index contributed by atoms with van der Waals surface area (Å²) in [5, 5.41) is 3.60. The van der Waals surface area contributed by atoms with E-state index >= 15 is 0 Å². The maximum Gasteiger partial charge on any atom is 0.259 e. The average Bonchev–Trinajstić information content (AvgIpc) is 2.83. The number of amides is 2. The van der Waals surface area contributed by atoms with Crippen LogP contribution in [0.25, 0.3) is 22.2 Å². The summed E-state index contributed by atoms with van der Waals surface area (Å²) in [4.78, 5) is 30.9. The molecule has 0 fully saturated rings. The van der Waals surface area contributed by atoms with Gasteiger partial charge in [-0.1, -0.05) is 18.2 Å². The number of pyridine rings is 1. The molecule has 0 saturated heterocycles. The predicted molar refractivity (Wildman–Crippen MR) is 126 cm³/mol. The third-order valence-corrected chi connectivity index (χ3v) is 5.07. The zero-order chi connectivity index (χ0) is 23.4. The Labute approximate surface area is 190 Å². The van der Waals surface area contributed by atoms with E-state index in [1.165, 1.54) is 17.0 Å². The van der Waals surface area contributed by atoms with Gasteiger partial charge in [-0.25, -0.2) is 9.37 Å². The molecule has 33 heavy (non-hydrogen) atoms. The highest BCUT2D eigenvalue weighted by atomic mass is 19.1. The van der Waals surface area contributed by atoms with Crippen molar-refractivity contribution in [1.82, 2.24) is 9.88 Å². The molecule has 4 aromatic rings. The van der Waals surface area contributed by atoms with Crippen molar-refractivity contribution in [2.75, 3.05) is 26.0 Å². The molecule has 1 aromatic heterocycles. The minimum absolute atomic E-state index is 0.0616. The quantitative estimate of drug-likeness (QED) is 0.466. The number of nitrogens with zero attached hydrogens (tertiary/aromatic N) is 2. The van der Waals surface area contributed by atoms with Gasteiger partial charge in [0.25, 0.3) is 11.8 Å². The second kappa shape index (κ2) is 9.48. The molecule has 0 aliphatic heterocycles. The van der Waals surface area contributed by atoms with Gasteiger partial charge in [0.15, 0.2) is 6.61 Å². The summed E-state index contributed by atoms with van der Waals surface area (Å²) >= 11 is 0. The van der Waals surface area contributed by atoms with Crippen LogP contribution >= 0.6 is 0 Å². The maximum absolute atomic E-state index is 13.3. The first-order valence-corrected chi connectivity index (χ1v) is 10.3. The smallest absolute Gasteiger partial charge is 0.259 e. The van der Waals surface area contributed by atoms with Crippen molar-refractivity contribution in [3.63, 3.8) is 0 Å². The topological polar surface area (TPSA) is 71.5 Å². The zero-order valence-corrected chi connectivity index (χ0v) is 18.2. The molecule has 7 heteroatoms. The van der Waals surface area contributed by atoms with Crippen molar-refractivity contribution in [2.24, 2.45) is 0 Å². The Morgan fingerprint density at radius 3 is 2.36 bits per heavy atom. The van der Waals surface area contributed by atoms with E-state index in [1.54, 1.807) is 56.6 Å². The third-order valence-electron chi connectivity index (χ3n) is 5.07. The van der Waals surface area contributed by atoms with Crippen LogP contribution in [0.3, 0.4) is 0 Å². The molecular formula is C26H22FN3O3. The van der Waals surface area contributed by atoms with E-state index in [9.17, 15) is 14.0 Å². The van der Waals surface area contributed by atoms with Gasteiger partial charge in [0, 0.05) is 30.7 Å². The molecule has 0 unspecified atom stereocenters. The molecule has 0 radical (unpaired) electrons. The Kier molecular flexibility index (Phi) is 6.31. The summed E-state index contributed by atoms with van der Waals surface area (Å²) < 4.78 is 18.8. The van der Waals surface area contributed by atoms with E-state index in [1.807, 2.05) is 24.3 Å². The van der Waals surface area contributed by atoms with Crippen molar-refractivity contribution < 1.29 is 18.7 Å². The second-order valence-electron chi connectivity index (χ2n) is 7.63. The number of para-hydroxylation sites is 1. The molecule has 0 aliphatic rings. The molecule has 6 nitrogen and oxygen atoms in total. The number of carbonyl (C=O) groups excluding carboxylic acids is 2. The molecule has 0 saturated carbocycles. The van der Waals surface area contributed by atoms with Crippen molar-refractivity contribution in [2.45, 2.75) is 0 Å². The third kappa shape index (κ3) is 5.15. The van der Waals surface area contributed by atoms with E-state index in [2.05, 4.69) is 10.3 Å². The minimum Gasteiger partial charge on any atom is -0.484 e. The molecule has 0 aliphatic carbocycles. The summed E-state index contributed by atoms with van der Waals surface area (Å²) in [6.07, 6.45) is 0. The Morgan fingerprint density at radius 1 is 0.970 bits per heavy atom. The minimum atomic E-state index is -0.337. The number of ether oxygens (including phenoxy) is 1. The molecule has 166 valence electrons. The Bertz CT molecular complexity index is 1300. The lowest BCUT2D eigenvalue weighted by Gasteiger charge is -2.12. The summed E-state index contributed by atoms with van der Waals surface area (Å²) in [6.45, 7) is -0.0616. The van der Waals surface area contributed by atoms with E-state index in [4.69, 9.17) is 4.74 Å². The summed E-state index contributed by atoms with van der Waals surface area (Å²) in [5.41, 5.74) is 2.99. The van der Waals surface area contributed by atoms with Crippen molar-refractivity contribution in [3.8, 4) is 17.0 Å². The van der Waals surface area contributed by atoms with Crippen LogP contribution in [0.15, 0.2) is 78.9 Å². The van der Waals surface area contributed by atoms with Crippen LogP contribution in [0.4, 0.5) is 10.1 Å². The highest BCUT2D eigenvalue weighted by Crippen LogP contribution is 2.26. The fraction of sp³-hybridized carbons (Fsp3) is 0.115. The largest absolute Gasteiger partial charge is 0.484 e. The lowest BCUT2D eigenvalue weighted by atomic mass is 10.0. The van der Waals surface area contributed by atoms with Crippen molar-refractivity contribution >= 4 is 28.4 Å². The van der Waals surface area contributed by atoms with Crippen LogP contribution in [0, 0.1) is 5.82 Å². The highest BCUT2D eigenvalue weighted by Gasteiger charge is 2.14. The first-order valence-electron chi connectivity index (χ1n) is 10.3. The number of hydrogen-bond donors (Lipinski definition) is 1. The molecule has 4 rings (SSSR count). The van der Waals surface area contributed by atoms with Gasteiger partial charge < -0.3 is 15.0 Å². The number of nitrogens with one attached hydrogen (secondary N) is 1. The van der Waals surface area contributed by atoms with Crippen molar-refractivity contribution in [3.05, 3.63) is 90.2 Å². The van der Waals surface area contributed by atoms with Gasteiger partial charge in [0.05, 0.1) is 16.8 Å². The lowest BCUT2D eigenvalue weighted by Crippen LogP contribution is -2.27. The maximum atomic E-state index is 13.3. The van der Waals surface area contributed by atoms with Crippen molar-refractivity contribution in [1.29, 1.82) is 0 Å². The SMILES string of the molecule is CN(C)C(=O)COc1ccc(NC(=O)c2cc(-c3ccc(F)cc3)nc3ccccc23)cc1. The number of carbonyl (C=O) groups is 2. The number of anilines is 1. The van der Waals surface area contributed by atoms with Gasteiger partial charge in [0.2, 0.25) is 0 Å². The molecular weight excluding hydrogens is 421 g/mol. The van der Waals surface area contributed by atoms with Crippen LogP contribution < -0.4 is 10.1 Å². The fourth-order valence-electron chi connectivity index (χ4n) is 3.24. The summed E-state index contributed by atoms with van der Waals surface area (Å²) in [7, 11) is 3.32. The molecule has 1 heterocycles. The molecule has 0 spiro atoms. The van der Waals surface area contributed by atoms with Gasteiger partial charge >= 0.3 is 0 Å². The van der Waals surface area contributed by atoms with E-state index in [-0.39, 0.29) is 24.2 Å². The van der Waals surface area contributed by atoms with Crippen LogP contribution in [0.1, 0.15) is 10.4 Å². The van der Waals surface area contributed by atoms with Crippen LogP contribution in [-0.4, -0.2) is 42.4 Å². The zero-order valence-electron chi connectivity index (χ0n) is 18.2. The first-order chi connectivity index (χ1) is 15.9. The number of fused-ring (bicyclic) bond motifs is 1. The number of likely N-dealkylation sites (N-methyl/N-ethyl adjacent to an activating group) is 1. The van der Waals surface area contributed by atoms with E-state index in [0.29, 0.717) is 39.2 Å². The fourth-order valence-corrected chi connectivity index (χ4v) is 3.24. The van der Waals surface area contributed by atoms with Gasteiger partial charge in [-0.2, -0.15) is 0 Å². The number of benzene rings is 3. The number of rotatable bonds is 6. The summed E-state index contributed by atoms with van der Waals surface area (Å²) in [6, 6.07) is 21.9. The molecule has 1 N–H and O–H groups in total. The average molecular weight is 443 g/mol. The molecule has 3 aromatic carbocycles. The summed E-state index contributed by atoms with van der Waals surface area (Å²) in [5.74, 6) is -0.255. The standard InChI is InChI=1S/C26H22FN3O3/c1-30(2)25(31)16-33-20-13-11-19(12-14-20)28-26(32)22-15-24(17-7-9-18(27)10-8-17)29-23-6-4-3-5-21(22)23/h3-15H,16H2,1-2H3,(H,28,32). The lowest BCUT2D eigenvalue weighted by molar-refractivity contribution is -0.130. The number of halogens is 1. The van der Waals surface area contributed by atoms with Gasteiger partial charge in [-0.05, 0) is 60.7 Å². The monoisotopic (exact) mass is 443 g/mol. The Morgan fingerprint density at radius 2 is 1.67 bits per heavy atom.